The highest BCUT2D eigenvalue weighted by molar-refractivity contribution is 6.66. The summed E-state index contributed by atoms with van der Waals surface area (Å²) in [5, 5.41) is 6.58. The van der Waals surface area contributed by atoms with E-state index < -0.39 is 17.8 Å². The molecule has 3 fully saturated rings. The summed E-state index contributed by atoms with van der Waals surface area (Å²) in [4.78, 5) is 26.2. The van der Waals surface area contributed by atoms with Crippen molar-refractivity contribution in [3.8, 4) is 0 Å². The Labute approximate surface area is 201 Å². The summed E-state index contributed by atoms with van der Waals surface area (Å²) in [5.74, 6) is 1.44. The van der Waals surface area contributed by atoms with Gasteiger partial charge in [0.05, 0.1) is 23.6 Å². The molecule has 0 aromatic heterocycles. The lowest BCUT2D eigenvalue weighted by Gasteiger charge is -2.25. The van der Waals surface area contributed by atoms with Crippen LogP contribution in [0.4, 0.5) is 18.0 Å². The molecular weight excluding hydrogens is 469 g/mol. The third kappa shape index (κ3) is 4.62. The normalized spacial score (nSPS) is 31.1. The summed E-state index contributed by atoms with van der Waals surface area (Å²) < 4.78 is 39.4. The maximum absolute atomic E-state index is 13.3. The molecule has 0 spiro atoms. The van der Waals surface area contributed by atoms with Gasteiger partial charge in [0.25, 0.3) is 0 Å². The number of carbonyl (C=O) groups is 1. The van der Waals surface area contributed by atoms with Crippen LogP contribution >= 0.6 is 11.6 Å². The van der Waals surface area contributed by atoms with Gasteiger partial charge in [-0.2, -0.15) is 13.2 Å². The fraction of sp³-hybridized carbons (Fsp3) is 0.609. The maximum atomic E-state index is 13.3. The molecule has 2 N–H and O–H groups in total. The number of amides is 2. The predicted molar refractivity (Wildman–Crippen MR) is 124 cm³/mol. The molecule has 7 nitrogen and oxygen atoms in total. The second kappa shape index (κ2) is 9.03. The Morgan fingerprint density at radius 2 is 1.97 bits per heavy atom. The van der Waals surface area contributed by atoms with E-state index in [1.54, 1.807) is 13.0 Å². The summed E-state index contributed by atoms with van der Waals surface area (Å²) in [6.45, 7) is 6.14. The second-order valence-corrected chi connectivity index (χ2v) is 10.00. The van der Waals surface area contributed by atoms with Crippen molar-refractivity contribution in [3.05, 3.63) is 35.4 Å². The van der Waals surface area contributed by atoms with Crippen LogP contribution in [-0.4, -0.2) is 72.3 Å². The number of carbonyl (C=O) groups excluding carboxylic acids is 1. The van der Waals surface area contributed by atoms with Gasteiger partial charge in [-0.15, -0.1) is 0 Å². The number of benzene rings is 1. The third-order valence-corrected chi connectivity index (χ3v) is 7.59. The molecule has 11 heteroatoms. The molecule has 1 aromatic carbocycles. The minimum Gasteiger partial charge on any atom is -0.324 e. The SMILES string of the molecule is C[C@@H](N=C1NC(Cl)=NC2CN(C(=O)N3C[C@H]4CNCC[C@H]4C3)CC12)c1cccc(C(F)(F)F)c1. The van der Waals surface area contributed by atoms with Gasteiger partial charge in [0.15, 0.2) is 5.29 Å². The average molecular weight is 497 g/mol. The Bertz CT molecular complexity index is 1000. The number of halogens is 4. The number of hydrogen-bond donors (Lipinski definition) is 2. The Morgan fingerprint density at radius 1 is 1.21 bits per heavy atom. The standard InChI is InChI=1S/C23H28ClF3N6O/c1-13(14-3-2-4-17(7-14)23(25,26)27)29-20-18-11-33(12-19(18)30-21(24)31-20)22(34)32-9-15-5-6-28-8-16(15)10-32/h2-4,7,13,15-16,18-19,28H,5-6,8-12H2,1H3,(H,29,30,31)/t13-,15+,16-,18?,19?/m1/s1. The number of urea groups is 1. The largest absolute Gasteiger partial charge is 0.416 e. The van der Waals surface area contributed by atoms with Crippen LogP contribution in [0.2, 0.25) is 0 Å². The van der Waals surface area contributed by atoms with Crippen LogP contribution in [-0.2, 0) is 6.18 Å². The summed E-state index contributed by atoms with van der Waals surface area (Å²) in [5.41, 5.74) is -0.247. The first-order valence-electron chi connectivity index (χ1n) is 11.7. The average Bonchev–Trinajstić information content (AvgIpc) is 3.42. The van der Waals surface area contributed by atoms with Crippen LogP contribution < -0.4 is 10.6 Å². The van der Waals surface area contributed by atoms with Gasteiger partial charge in [0, 0.05) is 26.2 Å². The van der Waals surface area contributed by atoms with Crippen molar-refractivity contribution in [1.82, 2.24) is 20.4 Å². The molecule has 4 aliphatic heterocycles. The highest BCUT2D eigenvalue weighted by Crippen LogP contribution is 2.33. The quantitative estimate of drug-likeness (QED) is 0.617. The zero-order valence-electron chi connectivity index (χ0n) is 18.9. The van der Waals surface area contributed by atoms with Crippen LogP contribution in [0.5, 0.6) is 0 Å². The fourth-order valence-electron chi connectivity index (χ4n) is 5.53. The maximum Gasteiger partial charge on any atom is 0.416 e. The summed E-state index contributed by atoms with van der Waals surface area (Å²) in [6.07, 6.45) is -3.32. The van der Waals surface area contributed by atoms with Crippen LogP contribution in [0, 0.1) is 17.8 Å². The first-order chi connectivity index (χ1) is 16.2. The number of nitrogens with one attached hydrogen (secondary N) is 2. The number of aliphatic imine (C=N–C) groups is 2. The van der Waals surface area contributed by atoms with Crippen molar-refractivity contribution in [2.75, 3.05) is 39.3 Å². The molecule has 2 amide bonds. The van der Waals surface area contributed by atoms with E-state index in [1.807, 2.05) is 9.80 Å². The summed E-state index contributed by atoms with van der Waals surface area (Å²) >= 11 is 6.22. The lowest BCUT2D eigenvalue weighted by molar-refractivity contribution is -0.137. The van der Waals surface area contributed by atoms with Crippen LogP contribution in [0.25, 0.3) is 0 Å². The molecule has 184 valence electrons. The van der Waals surface area contributed by atoms with E-state index in [0.717, 1.165) is 44.7 Å². The highest BCUT2D eigenvalue weighted by Gasteiger charge is 2.44. The van der Waals surface area contributed by atoms with Crippen molar-refractivity contribution >= 4 is 28.8 Å². The van der Waals surface area contributed by atoms with E-state index in [4.69, 9.17) is 11.6 Å². The van der Waals surface area contributed by atoms with E-state index in [2.05, 4.69) is 20.6 Å². The summed E-state index contributed by atoms with van der Waals surface area (Å²) in [7, 11) is 0. The molecule has 1 aromatic rings. The first-order valence-corrected chi connectivity index (χ1v) is 12.1. The van der Waals surface area contributed by atoms with Gasteiger partial charge in [0.1, 0.15) is 5.84 Å². The number of hydrogen-bond acceptors (Lipinski definition) is 4. The first kappa shape index (κ1) is 23.4. The smallest absolute Gasteiger partial charge is 0.324 e. The second-order valence-electron chi connectivity index (χ2n) is 9.64. The van der Waals surface area contributed by atoms with Gasteiger partial charge in [0.2, 0.25) is 0 Å². The number of alkyl halides is 3. The minimum atomic E-state index is -4.41. The van der Waals surface area contributed by atoms with Gasteiger partial charge in [-0.3, -0.25) is 9.98 Å². The number of fused-ring (bicyclic) bond motifs is 2. The molecule has 4 aliphatic rings. The molecule has 0 aliphatic carbocycles. The monoisotopic (exact) mass is 496 g/mol. The molecule has 0 radical (unpaired) electrons. The fourth-order valence-corrected chi connectivity index (χ4v) is 5.75. The van der Waals surface area contributed by atoms with Crippen LogP contribution in [0.15, 0.2) is 34.3 Å². The number of piperidine rings is 1. The minimum absolute atomic E-state index is 0.0143. The zero-order chi connectivity index (χ0) is 24.0. The predicted octanol–water partition coefficient (Wildman–Crippen LogP) is 3.32. The van der Waals surface area contributed by atoms with Crippen molar-refractivity contribution in [2.24, 2.45) is 27.7 Å². The molecule has 5 atom stereocenters. The lowest BCUT2D eigenvalue weighted by atomic mass is 9.90. The number of rotatable bonds is 2. The van der Waals surface area contributed by atoms with Crippen molar-refractivity contribution in [3.63, 3.8) is 0 Å². The van der Waals surface area contributed by atoms with E-state index in [9.17, 15) is 18.0 Å². The van der Waals surface area contributed by atoms with E-state index in [0.29, 0.717) is 36.3 Å². The Kier molecular flexibility index (Phi) is 6.22. The number of likely N-dealkylation sites (tertiary alicyclic amines) is 2. The van der Waals surface area contributed by atoms with Gasteiger partial charge in [-0.1, -0.05) is 12.1 Å². The van der Waals surface area contributed by atoms with Gasteiger partial charge < -0.3 is 20.4 Å². The van der Waals surface area contributed by atoms with Crippen LogP contribution in [0.3, 0.4) is 0 Å². The van der Waals surface area contributed by atoms with E-state index in [1.165, 1.54) is 6.07 Å². The van der Waals surface area contributed by atoms with Gasteiger partial charge in [-0.25, -0.2) is 4.79 Å². The van der Waals surface area contributed by atoms with Crippen LogP contribution in [0.1, 0.15) is 30.5 Å². The van der Waals surface area contributed by atoms with Crippen molar-refractivity contribution in [2.45, 2.75) is 31.6 Å². The Hall–Kier alpha value is -2.33. The molecule has 0 bridgehead atoms. The van der Waals surface area contributed by atoms with E-state index >= 15 is 0 Å². The number of amidine groups is 2. The molecule has 2 unspecified atom stereocenters. The molecule has 0 saturated carbocycles. The number of nitrogens with zero attached hydrogens (tertiary/aromatic N) is 4. The zero-order valence-corrected chi connectivity index (χ0v) is 19.6. The topological polar surface area (TPSA) is 72.3 Å². The molecule has 34 heavy (non-hydrogen) atoms. The van der Waals surface area contributed by atoms with Gasteiger partial charge >= 0.3 is 12.2 Å². The lowest BCUT2D eigenvalue weighted by Crippen LogP contribution is -2.44. The third-order valence-electron chi connectivity index (χ3n) is 7.40. The molecular formula is C23H28ClF3N6O. The van der Waals surface area contributed by atoms with E-state index in [-0.39, 0.29) is 23.3 Å². The Balaban J connectivity index is 1.31. The van der Waals surface area contributed by atoms with Crippen molar-refractivity contribution < 1.29 is 18.0 Å². The van der Waals surface area contributed by atoms with Gasteiger partial charge in [-0.05, 0) is 67.6 Å². The molecule has 3 saturated heterocycles. The summed E-state index contributed by atoms with van der Waals surface area (Å²) in [6, 6.07) is 4.46. The van der Waals surface area contributed by atoms with Crippen molar-refractivity contribution in [1.29, 1.82) is 0 Å². The Morgan fingerprint density at radius 3 is 2.74 bits per heavy atom. The molecule has 4 heterocycles. The molecule has 5 rings (SSSR count). The highest BCUT2D eigenvalue weighted by atomic mass is 35.5.